The Morgan fingerprint density at radius 3 is 1.45 bits per heavy atom. The van der Waals surface area contributed by atoms with Gasteiger partial charge in [-0.2, -0.15) is 74.3 Å². The van der Waals surface area contributed by atoms with Crippen molar-refractivity contribution in [3.63, 3.8) is 0 Å². The Morgan fingerprint density at radius 2 is 1.06 bits per heavy atom. The smallest absolute Gasteiger partial charge is 0.372 e. The van der Waals surface area contributed by atoms with Crippen LogP contribution in [0.1, 0.15) is 6.42 Å². The van der Waals surface area contributed by atoms with E-state index in [1.807, 2.05) is 0 Å². The van der Waals surface area contributed by atoms with E-state index in [2.05, 4.69) is 9.47 Å². The Hall–Kier alpha value is -1.26. The van der Waals surface area contributed by atoms with Gasteiger partial charge in [-0.05, 0) is 6.42 Å². The van der Waals surface area contributed by atoms with Gasteiger partial charge in [-0.3, -0.25) is 4.55 Å². The van der Waals surface area contributed by atoms with Gasteiger partial charge in [-0.1, -0.05) is 0 Å². The molecule has 0 aliphatic carbocycles. The Balaban J connectivity index is 5.45. The van der Waals surface area contributed by atoms with Crippen molar-refractivity contribution >= 4 is 10.1 Å². The maximum Gasteiger partial charge on any atom is 0.460 e. The summed E-state index contributed by atoms with van der Waals surface area (Å²) in [5.74, 6) is -16.9. The first-order valence-corrected chi connectivity index (χ1v) is 9.00. The highest BCUT2D eigenvalue weighted by molar-refractivity contribution is 7.85. The van der Waals surface area contributed by atoms with E-state index in [0.717, 1.165) is 0 Å². The molecule has 0 aliphatic rings. The molecule has 0 aliphatic heterocycles. The summed E-state index contributed by atoms with van der Waals surface area (Å²) >= 11 is 0. The Bertz CT molecular complexity index is 763. The summed E-state index contributed by atoms with van der Waals surface area (Å²) in [5, 5.41) is 0. The van der Waals surface area contributed by atoms with Crippen LogP contribution in [0.4, 0.5) is 65.9 Å². The fourth-order valence-corrected chi connectivity index (χ4v) is 1.94. The van der Waals surface area contributed by atoms with E-state index in [0.29, 0.717) is 0 Å². The molecule has 22 heteroatoms. The van der Waals surface area contributed by atoms with Crippen LogP contribution < -0.4 is 0 Å². The lowest BCUT2D eigenvalue weighted by Gasteiger charge is -2.36. The zero-order chi connectivity index (χ0) is 26.9. The van der Waals surface area contributed by atoms with E-state index in [4.69, 9.17) is 4.55 Å². The first kappa shape index (κ1) is 31.7. The molecular weight excluding hydrogens is 545 g/mol. The van der Waals surface area contributed by atoms with Gasteiger partial charge in [0.05, 0.1) is 5.75 Å². The molecule has 1 N–H and O–H groups in total. The van der Waals surface area contributed by atoms with Gasteiger partial charge in [0, 0.05) is 6.61 Å². The summed E-state index contributed by atoms with van der Waals surface area (Å²) in [5.41, 5.74) is 0. The quantitative estimate of drug-likeness (QED) is 0.205. The summed E-state index contributed by atoms with van der Waals surface area (Å²) in [4.78, 5) is 0. The molecule has 6 nitrogen and oxygen atoms in total. The molecule has 0 amide bonds. The molecule has 0 aromatic carbocycles. The Labute approximate surface area is 172 Å². The van der Waals surface area contributed by atoms with Crippen molar-refractivity contribution in [1.29, 1.82) is 0 Å². The summed E-state index contributed by atoms with van der Waals surface area (Å²) in [6.45, 7) is -3.54. The van der Waals surface area contributed by atoms with Crippen molar-refractivity contribution in [3.05, 3.63) is 0 Å². The number of hydrogen-bond acceptors (Lipinski definition) is 5. The molecule has 0 bridgehead atoms. The highest BCUT2D eigenvalue weighted by atomic mass is 32.2. The third kappa shape index (κ3) is 7.89. The predicted molar refractivity (Wildman–Crippen MR) is 69.8 cm³/mol. The molecule has 0 aromatic rings. The van der Waals surface area contributed by atoms with Crippen molar-refractivity contribution in [2.24, 2.45) is 0 Å². The van der Waals surface area contributed by atoms with Crippen LogP contribution in [0.25, 0.3) is 0 Å². The predicted octanol–water partition coefficient (Wildman–Crippen LogP) is 4.52. The fraction of sp³-hybridized carbons (Fsp3) is 1.00. The summed E-state index contributed by atoms with van der Waals surface area (Å²) in [7, 11) is -4.63. The van der Waals surface area contributed by atoms with Gasteiger partial charge in [-0.15, -0.1) is 0 Å². The van der Waals surface area contributed by atoms with Gasteiger partial charge in [0.2, 0.25) is 0 Å². The van der Waals surface area contributed by atoms with Crippen molar-refractivity contribution in [1.82, 2.24) is 0 Å². The topological polar surface area (TPSA) is 82.1 Å². The normalized spacial score (nSPS) is 15.8. The van der Waals surface area contributed by atoms with Gasteiger partial charge in [-0.25, -0.2) is 9.47 Å². The van der Waals surface area contributed by atoms with Crippen LogP contribution in [0.2, 0.25) is 0 Å². The Morgan fingerprint density at radius 1 is 0.636 bits per heavy atom. The maximum absolute atomic E-state index is 13.1. The Kier molecular flexibility index (Phi) is 9.05. The average Bonchev–Trinajstić information content (AvgIpc) is 2.49. The largest absolute Gasteiger partial charge is 0.460 e. The fourth-order valence-electron chi connectivity index (χ4n) is 1.46. The lowest BCUT2D eigenvalue weighted by molar-refractivity contribution is -0.543. The molecule has 0 atom stereocenters. The molecule has 0 saturated heterocycles. The van der Waals surface area contributed by atoms with Crippen molar-refractivity contribution in [2.45, 2.75) is 48.9 Å². The van der Waals surface area contributed by atoms with Crippen LogP contribution >= 0.6 is 0 Å². The second-order valence-corrected chi connectivity index (χ2v) is 7.30. The zero-order valence-corrected chi connectivity index (χ0v) is 15.7. The average molecular weight is 554 g/mol. The maximum atomic E-state index is 13.1. The SMILES string of the molecule is O=S(=O)(O)CCCOCC(F)(F)OC(F)(F)C(F)(F)OC(F)(F)C(F)(F)C(F)(F)C(F)(F)F. The van der Waals surface area contributed by atoms with Crippen molar-refractivity contribution in [3.8, 4) is 0 Å². The highest BCUT2D eigenvalue weighted by Crippen LogP contribution is 2.55. The van der Waals surface area contributed by atoms with E-state index in [9.17, 15) is 74.3 Å². The third-order valence-electron chi connectivity index (χ3n) is 2.95. The summed E-state index contributed by atoms with van der Waals surface area (Å²) in [6, 6.07) is 0. The minimum atomic E-state index is -7.95. The first-order valence-electron chi connectivity index (χ1n) is 7.39. The standard InChI is InChI=1S/C11H9F15O6S/c12-5(13,4-30-2-1-3-33(27,28)29)31-10(23,24)11(25,26)32-9(21,22)7(16,17)6(14,15)8(18,19)20/h1-4H2,(H,27,28,29). The lowest BCUT2D eigenvalue weighted by Crippen LogP contribution is -2.64. The number of hydrogen-bond donors (Lipinski definition) is 1. The first-order chi connectivity index (χ1) is 14.1. The van der Waals surface area contributed by atoms with E-state index in [-0.39, 0.29) is 0 Å². The van der Waals surface area contributed by atoms with Crippen LogP contribution in [0.3, 0.4) is 0 Å². The van der Waals surface area contributed by atoms with E-state index >= 15 is 0 Å². The number of ether oxygens (including phenoxy) is 3. The van der Waals surface area contributed by atoms with Gasteiger partial charge in [0.1, 0.15) is 6.61 Å². The minimum absolute atomic E-state index is 0.778. The molecule has 0 aromatic heterocycles. The van der Waals surface area contributed by atoms with Crippen LogP contribution in [0.15, 0.2) is 0 Å². The van der Waals surface area contributed by atoms with Crippen molar-refractivity contribution < 1.29 is 93.0 Å². The van der Waals surface area contributed by atoms with Crippen LogP contribution in [-0.4, -0.2) is 74.4 Å². The van der Waals surface area contributed by atoms with Crippen LogP contribution in [-0.2, 0) is 24.3 Å². The third-order valence-corrected chi connectivity index (χ3v) is 3.75. The molecule has 33 heavy (non-hydrogen) atoms. The van der Waals surface area contributed by atoms with Crippen LogP contribution in [0.5, 0.6) is 0 Å². The zero-order valence-electron chi connectivity index (χ0n) is 14.9. The lowest BCUT2D eigenvalue weighted by atomic mass is 10.1. The van der Waals surface area contributed by atoms with E-state index < -0.39 is 78.0 Å². The highest BCUT2D eigenvalue weighted by Gasteiger charge is 2.85. The molecule has 0 radical (unpaired) electrons. The minimum Gasteiger partial charge on any atom is -0.372 e. The molecule has 0 heterocycles. The van der Waals surface area contributed by atoms with Crippen LogP contribution in [0, 0.1) is 0 Å². The van der Waals surface area contributed by atoms with Gasteiger partial charge >= 0.3 is 42.5 Å². The molecule has 0 saturated carbocycles. The van der Waals surface area contributed by atoms with Gasteiger partial charge < -0.3 is 4.74 Å². The van der Waals surface area contributed by atoms with E-state index in [1.54, 1.807) is 0 Å². The molecule has 0 spiro atoms. The monoisotopic (exact) mass is 554 g/mol. The van der Waals surface area contributed by atoms with Gasteiger partial charge in [0.15, 0.2) is 0 Å². The molecule has 0 fully saturated rings. The molecule has 0 unspecified atom stereocenters. The number of rotatable bonds is 13. The van der Waals surface area contributed by atoms with E-state index in [1.165, 1.54) is 4.74 Å². The molecule has 0 rings (SSSR count). The van der Waals surface area contributed by atoms with Crippen molar-refractivity contribution in [2.75, 3.05) is 19.0 Å². The summed E-state index contributed by atoms with van der Waals surface area (Å²) in [6.07, 6.45) is -36.1. The van der Waals surface area contributed by atoms with Gasteiger partial charge in [0.25, 0.3) is 10.1 Å². The second kappa shape index (κ2) is 9.41. The summed E-state index contributed by atoms with van der Waals surface area (Å²) < 4.78 is 227. The second-order valence-electron chi connectivity index (χ2n) is 5.73. The molecular formula is C11H9F15O6S. The number of halogens is 15. The molecule has 200 valence electrons. The number of alkyl halides is 15.